The highest BCUT2D eigenvalue weighted by Crippen LogP contribution is 2.24. The van der Waals surface area contributed by atoms with Gasteiger partial charge in [-0.15, -0.1) is 0 Å². The summed E-state index contributed by atoms with van der Waals surface area (Å²) < 4.78 is 0. The van der Waals surface area contributed by atoms with E-state index in [4.69, 9.17) is 11.6 Å². The molecular weight excluding hydrogens is 286 g/mol. The van der Waals surface area contributed by atoms with Crippen LogP contribution in [0.25, 0.3) is 0 Å². The summed E-state index contributed by atoms with van der Waals surface area (Å²) in [7, 11) is 3.56. The molecule has 0 radical (unpaired) electrons. The number of nitrogens with one attached hydrogen (secondary N) is 1. The molecule has 1 aromatic heterocycles. The number of benzene rings is 1. The number of pyridine rings is 1. The zero-order valence-corrected chi connectivity index (χ0v) is 13.1. The number of amides is 1. The molecule has 0 aliphatic heterocycles. The van der Waals surface area contributed by atoms with Gasteiger partial charge in [0.15, 0.2) is 0 Å². The van der Waals surface area contributed by atoms with Gasteiger partial charge in [-0.05, 0) is 30.7 Å². The molecule has 0 spiro atoms. The molecule has 0 saturated heterocycles. The first-order chi connectivity index (χ1) is 10.0. The number of carbonyl (C=O) groups excluding carboxylic acids is 1. The summed E-state index contributed by atoms with van der Waals surface area (Å²) in [6, 6.07) is 9.19. The van der Waals surface area contributed by atoms with Crippen LogP contribution in [0, 0.1) is 0 Å². The predicted octanol–water partition coefficient (Wildman–Crippen LogP) is 3.61. The molecule has 2 aromatic rings. The summed E-state index contributed by atoms with van der Waals surface area (Å²) in [4.78, 5) is 18.4. The van der Waals surface area contributed by atoms with Crippen LogP contribution >= 0.6 is 11.6 Å². The Balaban J connectivity index is 2.26. The Labute approximate surface area is 129 Å². The van der Waals surface area contributed by atoms with Crippen molar-refractivity contribution in [1.82, 2.24) is 9.88 Å². The van der Waals surface area contributed by atoms with E-state index in [2.05, 4.69) is 10.3 Å². The topological polar surface area (TPSA) is 45.2 Å². The van der Waals surface area contributed by atoms with Gasteiger partial charge in [-0.2, -0.15) is 0 Å². The molecule has 4 nitrogen and oxygen atoms in total. The second kappa shape index (κ2) is 6.59. The molecule has 0 fully saturated rings. The highest BCUT2D eigenvalue weighted by atomic mass is 35.5. The van der Waals surface area contributed by atoms with Crippen LogP contribution in [0.5, 0.6) is 0 Å². The summed E-state index contributed by atoms with van der Waals surface area (Å²) in [5, 5.41) is 3.65. The zero-order valence-electron chi connectivity index (χ0n) is 12.3. The van der Waals surface area contributed by atoms with Gasteiger partial charge in [0.05, 0.1) is 23.5 Å². The fourth-order valence-corrected chi connectivity index (χ4v) is 2.33. The van der Waals surface area contributed by atoms with Crippen molar-refractivity contribution >= 4 is 23.2 Å². The normalized spacial score (nSPS) is 11.8. The van der Waals surface area contributed by atoms with Crippen molar-refractivity contribution in [1.29, 1.82) is 0 Å². The first-order valence-corrected chi connectivity index (χ1v) is 7.06. The van der Waals surface area contributed by atoms with E-state index in [-0.39, 0.29) is 11.9 Å². The van der Waals surface area contributed by atoms with Gasteiger partial charge in [-0.1, -0.05) is 23.7 Å². The maximum Gasteiger partial charge on any atom is 0.256 e. The molecule has 1 heterocycles. The number of carbonyl (C=O) groups is 1. The zero-order chi connectivity index (χ0) is 15.4. The van der Waals surface area contributed by atoms with E-state index in [1.165, 1.54) is 0 Å². The third-order valence-electron chi connectivity index (χ3n) is 3.55. The lowest BCUT2D eigenvalue weighted by atomic mass is 10.1. The van der Waals surface area contributed by atoms with Crippen molar-refractivity contribution in [3.63, 3.8) is 0 Å². The highest BCUT2D eigenvalue weighted by Gasteiger charge is 2.21. The van der Waals surface area contributed by atoms with Crippen molar-refractivity contribution in [3.8, 4) is 0 Å². The number of rotatable bonds is 4. The van der Waals surface area contributed by atoms with Crippen LogP contribution in [0.4, 0.5) is 5.69 Å². The Bertz CT molecular complexity index is 645. The van der Waals surface area contributed by atoms with E-state index in [0.717, 1.165) is 5.56 Å². The molecular formula is C16H18ClN3O. The van der Waals surface area contributed by atoms with Gasteiger partial charge in [0, 0.05) is 25.3 Å². The number of aromatic nitrogens is 1. The molecule has 2 rings (SSSR count). The van der Waals surface area contributed by atoms with Gasteiger partial charge in [0.1, 0.15) is 0 Å². The van der Waals surface area contributed by atoms with Crippen molar-refractivity contribution in [2.75, 3.05) is 19.4 Å². The van der Waals surface area contributed by atoms with Crippen molar-refractivity contribution in [2.24, 2.45) is 0 Å². The van der Waals surface area contributed by atoms with Gasteiger partial charge >= 0.3 is 0 Å². The average Bonchev–Trinajstić information content (AvgIpc) is 2.52. The van der Waals surface area contributed by atoms with Gasteiger partial charge in [-0.3, -0.25) is 9.78 Å². The first-order valence-electron chi connectivity index (χ1n) is 6.69. The molecule has 1 unspecified atom stereocenters. The number of hydrogen-bond donors (Lipinski definition) is 1. The summed E-state index contributed by atoms with van der Waals surface area (Å²) >= 11 is 6.02. The van der Waals surface area contributed by atoms with Crippen LogP contribution in [0.15, 0.2) is 42.7 Å². The molecule has 1 aromatic carbocycles. The number of halogens is 1. The SMILES string of the molecule is CNc1cnccc1C(=O)N(C)C(C)c1cccc(Cl)c1. The van der Waals surface area contributed by atoms with Crippen LogP contribution in [-0.2, 0) is 0 Å². The lowest BCUT2D eigenvalue weighted by Gasteiger charge is -2.26. The van der Waals surface area contributed by atoms with E-state index in [1.54, 1.807) is 37.5 Å². The van der Waals surface area contributed by atoms with Crippen LogP contribution in [-0.4, -0.2) is 29.9 Å². The van der Waals surface area contributed by atoms with E-state index in [0.29, 0.717) is 16.3 Å². The Morgan fingerprint density at radius 3 is 2.81 bits per heavy atom. The lowest BCUT2D eigenvalue weighted by molar-refractivity contribution is 0.0743. The lowest BCUT2D eigenvalue weighted by Crippen LogP contribution is -2.30. The monoisotopic (exact) mass is 303 g/mol. The molecule has 0 saturated carbocycles. The van der Waals surface area contributed by atoms with Crippen molar-refractivity contribution < 1.29 is 4.79 Å². The summed E-state index contributed by atoms with van der Waals surface area (Å²) in [5.41, 5.74) is 2.31. The quantitative estimate of drug-likeness (QED) is 0.938. The summed E-state index contributed by atoms with van der Waals surface area (Å²) in [6.07, 6.45) is 3.26. The minimum absolute atomic E-state index is 0.0609. The standard InChI is InChI=1S/C16H18ClN3O/c1-11(12-5-4-6-13(17)9-12)20(3)16(21)14-7-8-19-10-15(14)18-2/h4-11,18H,1-3H3. The molecule has 21 heavy (non-hydrogen) atoms. The second-order valence-electron chi connectivity index (χ2n) is 4.82. The molecule has 1 amide bonds. The molecule has 1 N–H and O–H groups in total. The molecule has 0 bridgehead atoms. The van der Waals surface area contributed by atoms with Gasteiger partial charge < -0.3 is 10.2 Å². The Morgan fingerprint density at radius 1 is 1.38 bits per heavy atom. The van der Waals surface area contributed by atoms with Crippen molar-refractivity contribution in [3.05, 3.63) is 58.9 Å². The number of hydrogen-bond acceptors (Lipinski definition) is 3. The van der Waals surface area contributed by atoms with E-state index in [9.17, 15) is 4.79 Å². The molecule has 0 aliphatic carbocycles. The Kier molecular flexibility index (Phi) is 4.81. The largest absolute Gasteiger partial charge is 0.386 e. The average molecular weight is 304 g/mol. The third kappa shape index (κ3) is 3.34. The predicted molar refractivity (Wildman–Crippen MR) is 85.7 cm³/mol. The summed E-state index contributed by atoms with van der Waals surface area (Å²) in [6.45, 7) is 1.98. The molecule has 1 atom stereocenters. The fourth-order valence-electron chi connectivity index (χ4n) is 2.14. The Morgan fingerprint density at radius 2 is 2.14 bits per heavy atom. The van der Waals surface area contributed by atoms with Crippen LogP contribution in [0.2, 0.25) is 5.02 Å². The highest BCUT2D eigenvalue weighted by molar-refractivity contribution is 6.30. The van der Waals surface area contributed by atoms with Gasteiger partial charge in [0.2, 0.25) is 0 Å². The molecule has 5 heteroatoms. The van der Waals surface area contributed by atoms with Crippen LogP contribution < -0.4 is 5.32 Å². The van der Waals surface area contributed by atoms with E-state index < -0.39 is 0 Å². The summed E-state index contributed by atoms with van der Waals surface area (Å²) in [5.74, 6) is -0.0609. The maximum absolute atomic E-state index is 12.6. The van der Waals surface area contributed by atoms with Crippen molar-refractivity contribution in [2.45, 2.75) is 13.0 Å². The maximum atomic E-state index is 12.6. The third-order valence-corrected chi connectivity index (χ3v) is 3.79. The van der Waals surface area contributed by atoms with Crippen LogP contribution in [0.3, 0.4) is 0 Å². The smallest absolute Gasteiger partial charge is 0.256 e. The number of anilines is 1. The molecule has 110 valence electrons. The van der Waals surface area contributed by atoms with Gasteiger partial charge in [-0.25, -0.2) is 0 Å². The van der Waals surface area contributed by atoms with E-state index >= 15 is 0 Å². The first kappa shape index (κ1) is 15.3. The Hall–Kier alpha value is -2.07. The van der Waals surface area contributed by atoms with Gasteiger partial charge in [0.25, 0.3) is 5.91 Å². The minimum Gasteiger partial charge on any atom is -0.386 e. The second-order valence-corrected chi connectivity index (χ2v) is 5.25. The minimum atomic E-state index is -0.0749. The number of nitrogens with zero attached hydrogens (tertiary/aromatic N) is 2. The van der Waals surface area contributed by atoms with E-state index in [1.807, 2.05) is 31.2 Å². The van der Waals surface area contributed by atoms with Crippen LogP contribution in [0.1, 0.15) is 28.9 Å². The molecule has 0 aliphatic rings. The fraction of sp³-hybridized carbons (Fsp3) is 0.250.